The second kappa shape index (κ2) is 11.3. The first-order chi connectivity index (χ1) is 11.1. The van der Waals surface area contributed by atoms with Crippen molar-refractivity contribution in [2.75, 3.05) is 33.7 Å². The predicted octanol–water partition coefficient (Wildman–Crippen LogP) is 3.68. The molecule has 24 heavy (non-hydrogen) atoms. The first-order valence-electron chi connectivity index (χ1n) is 8.81. The molecule has 0 bridgehead atoms. The molecule has 6 heteroatoms. The van der Waals surface area contributed by atoms with Gasteiger partial charge in [0.1, 0.15) is 0 Å². The minimum Gasteiger partial charge on any atom is -0.355 e. The van der Waals surface area contributed by atoms with Crippen molar-refractivity contribution in [2.45, 2.75) is 51.6 Å². The lowest BCUT2D eigenvalue weighted by Crippen LogP contribution is -2.50. The largest absolute Gasteiger partial charge is 0.355 e. The molecule has 0 amide bonds. The first kappa shape index (κ1) is 21.7. The highest BCUT2D eigenvalue weighted by Gasteiger charge is 2.23. The summed E-state index contributed by atoms with van der Waals surface area (Å²) in [6.45, 7) is 7.87. The predicted molar refractivity (Wildman–Crippen MR) is 117 cm³/mol. The molecule has 138 valence electrons. The number of aliphatic imine (C=N–C) groups is 1. The van der Waals surface area contributed by atoms with Gasteiger partial charge in [0, 0.05) is 44.1 Å². The van der Waals surface area contributed by atoms with E-state index < -0.39 is 0 Å². The van der Waals surface area contributed by atoms with Crippen molar-refractivity contribution in [1.29, 1.82) is 0 Å². The van der Waals surface area contributed by atoms with Crippen molar-refractivity contribution in [3.63, 3.8) is 0 Å². The molecule has 1 saturated heterocycles. The van der Waals surface area contributed by atoms with Crippen LogP contribution in [0.4, 0.5) is 0 Å². The summed E-state index contributed by atoms with van der Waals surface area (Å²) < 4.78 is 0. The summed E-state index contributed by atoms with van der Waals surface area (Å²) in [7, 11) is 4.00. The van der Waals surface area contributed by atoms with E-state index in [1.165, 1.54) is 30.7 Å². The van der Waals surface area contributed by atoms with Crippen LogP contribution in [0.2, 0.25) is 0 Å². The molecule has 1 aliphatic heterocycles. The van der Waals surface area contributed by atoms with Gasteiger partial charge in [0.15, 0.2) is 5.96 Å². The number of guanidine groups is 1. The molecular weight excluding hydrogens is 431 g/mol. The van der Waals surface area contributed by atoms with E-state index >= 15 is 0 Å². The van der Waals surface area contributed by atoms with Crippen LogP contribution < -0.4 is 5.32 Å². The van der Waals surface area contributed by atoms with Crippen LogP contribution in [0.5, 0.6) is 0 Å². The Morgan fingerprint density at radius 2 is 2.29 bits per heavy atom. The third kappa shape index (κ3) is 6.52. The highest BCUT2D eigenvalue weighted by molar-refractivity contribution is 14.0. The van der Waals surface area contributed by atoms with Crippen LogP contribution in [0, 0.1) is 0 Å². The molecule has 2 atom stereocenters. The second-order valence-corrected chi connectivity index (χ2v) is 7.64. The Bertz CT molecular complexity index is 477. The molecular formula is C18H33IN4S. The number of nitrogens with zero attached hydrogens (tertiary/aromatic N) is 3. The van der Waals surface area contributed by atoms with E-state index in [1.807, 2.05) is 18.4 Å². The molecule has 0 aliphatic carbocycles. The lowest BCUT2D eigenvalue weighted by atomic mass is 10.0. The topological polar surface area (TPSA) is 30.9 Å². The number of halogens is 1. The second-order valence-electron chi connectivity index (χ2n) is 6.61. The molecule has 1 N–H and O–H groups in total. The molecule has 2 rings (SSSR count). The molecule has 1 fully saturated rings. The number of nitrogens with one attached hydrogen (secondary N) is 1. The zero-order chi connectivity index (χ0) is 16.7. The molecule has 0 saturated carbocycles. The van der Waals surface area contributed by atoms with Gasteiger partial charge in [-0.3, -0.25) is 9.89 Å². The fourth-order valence-electron chi connectivity index (χ4n) is 3.35. The number of rotatable bonds is 6. The van der Waals surface area contributed by atoms with Crippen LogP contribution in [0.1, 0.15) is 38.0 Å². The molecule has 0 spiro atoms. The zero-order valence-corrected chi connectivity index (χ0v) is 18.6. The van der Waals surface area contributed by atoms with Gasteiger partial charge in [-0.05, 0) is 51.1 Å². The van der Waals surface area contributed by atoms with Gasteiger partial charge >= 0.3 is 0 Å². The average molecular weight is 464 g/mol. The van der Waals surface area contributed by atoms with Gasteiger partial charge in [-0.25, -0.2) is 0 Å². The number of hydrogen-bond donors (Lipinski definition) is 1. The van der Waals surface area contributed by atoms with Gasteiger partial charge in [-0.1, -0.05) is 12.5 Å². The summed E-state index contributed by atoms with van der Waals surface area (Å²) in [4.78, 5) is 10.7. The van der Waals surface area contributed by atoms with Crippen molar-refractivity contribution in [1.82, 2.24) is 15.1 Å². The monoisotopic (exact) mass is 464 g/mol. The summed E-state index contributed by atoms with van der Waals surface area (Å²) in [6.07, 6.45) is 5.13. The third-order valence-corrected chi connectivity index (χ3v) is 5.76. The van der Waals surface area contributed by atoms with Crippen molar-refractivity contribution < 1.29 is 0 Å². The summed E-state index contributed by atoms with van der Waals surface area (Å²) in [5.41, 5.74) is 0. The van der Waals surface area contributed by atoms with Crippen molar-refractivity contribution in [3.05, 3.63) is 22.4 Å². The number of hydrogen-bond acceptors (Lipinski definition) is 3. The SMILES string of the molecule is CN=C(NCC(C)N1CCCCC1C)N(C)CCc1cccs1.I. The highest BCUT2D eigenvalue weighted by atomic mass is 127. The maximum Gasteiger partial charge on any atom is 0.193 e. The highest BCUT2D eigenvalue weighted by Crippen LogP contribution is 2.18. The molecule has 1 aromatic rings. The first-order valence-corrected chi connectivity index (χ1v) is 9.69. The molecule has 1 aromatic heterocycles. The normalized spacial score (nSPS) is 20.3. The molecule has 2 heterocycles. The van der Waals surface area contributed by atoms with E-state index in [2.05, 4.69) is 58.5 Å². The van der Waals surface area contributed by atoms with E-state index in [-0.39, 0.29) is 24.0 Å². The van der Waals surface area contributed by atoms with E-state index in [0.717, 1.165) is 25.5 Å². The zero-order valence-electron chi connectivity index (χ0n) is 15.5. The lowest BCUT2D eigenvalue weighted by Gasteiger charge is -2.38. The Hall–Kier alpha value is -0.340. The van der Waals surface area contributed by atoms with E-state index in [9.17, 15) is 0 Å². The van der Waals surface area contributed by atoms with E-state index in [0.29, 0.717) is 12.1 Å². The minimum atomic E-state index is 0. The maximum atomic E-state index is 4.44. The van der Waals surface area contributed by atoms with Crippen LogP contribution in [0.15, 0.2) is 22.5 Å². The maximum absolute atomic E-state index is 4.44. The van der Waals surface area contributed by atoms with E-state index in [1.54, 1.807) is 0 Å². The number of thiophene rings is 1. The fourth-order valence-corrected chi connectivity index (χ4v) is 4.05. The summed E-state index contributed by atoms with van der Waals surface area (Å²) >= 11 is 1.83. The van der Waals surface area contributed by atoms with Crippen LogP contribution in [0.25, 0.3) is 0 Å². The standard InChI is InChI=1S/C18H32N4S.HI/c1-15-8-5-6-11-22(15)16(2)14-20-18(19-3)21(4)12-10-17-9-7-13-23-17;/h7,9,13,15-16H,5-6,8,10-12,14H2,1-4H3,(H,19,20);1H. The van der Waals surface area contributed by atoms with Gasteiger partial charge in [-0.15, -0.1) is 35.3 Å². The molecule has 0 radical (unpaired) electrons. The fraction of sp³-hybridized carbons (Fsp3) is 0.722. The Kier molecular flexibility index (Phi) is 10.2. The lowest BCUT2D eigenvalue weighted by molar-refractivity contribution is 0.115. The van der Waals surface area contributed by atoms with Crippen LogP contribution in [-0.2, 0) is 6.42 Å². The number of likely N-dealkylation sites (N-methyl/N-ethyl adjacent to an activating group) is 1. The van der Waals surface area contributed by atoms with Gasteiger partial charge in [-0.2, -0.15) is 0 Å². The van der Waals surface area contributed by atoms with Crippen molar-refractivity contribution in [2.24, 2.45) is 4.99 Å². The number of piperidine rings is 1. The Labute approximate surface area is 168 Å². The van der Waals surface area contributed by atoms with Crippen molar-refractivity contribution >= 4 is 41.3 Å². The minimum absolute atomic E-state index is 0. The van der Waals surface area contributed by atoms with Gasteiger partial charge in [0.25, 0.3) is 0 Å². The Morgan fingerprint density at radius 3 is 2.92 bits per heavy atom. The van der Waals surface area contributed by atoms with Crippen LogP contribution >= 0.6 is 35.3 Å². The summed E-state index contributed by atoms with van der Waals surface area (Å²) in [5.74, 6) is 0.998. The molecule has 0 aromatic carbocycles. The van der Waals surface area contributed by atoms with Crippen LogP contribution in [-0.4, -0.2) is 61.6 Å². The molecule has 2 unspecified atom stereocenters. The van der Waals surface area contributed by atoms with Gasteiger partial charge in [0.2, 0.25) is 0 Å². The smallest absolute Gasteiger partial charge is 0.193 e. The molecule has 1 aliphatic rings. The number of likely N-dealkylation sites (tertiary alicyclic amines) is 1. The Balaban J connectivity index is 0.00000288. The van der Waals surface area contributed by atoms with Gasteiger partial charge in [0.05, 0.1) is 0 Å². The van der Waals surface area contributed by atoms with E-state index in [4.69, 9.17) is 0 Å². The average Bonchev–Trinajstić information content (AvgIpc) is 3.07. The quantitative estimate of drug-likeness (QED) is 0.396. The van der Waals surface area contributed by atoms with Crippen molar-refractivity contribution in [3.8, 4) is 0 Å². The van der Waals surface area contributed by atoms with Gasteiger partial charge < -0.3 is 10.2 Å². The Morgan fingerprint density at radius 1 is 1.50 bits per heavy atom. The van der Waals surface area contributed by atoms with Crippen LogP contribution in [0.3, 0.4) is 0 Å². The molecule has 4 nitrogen and oxygen atoms in total. The third-order valence-electron chi connectivity index (χ3n) is 4.82. The summed E-state index contributed by atoms with van der Waals surface area (Å²) in [5, 5.41) is 5.70. The summed E-state index contributed by atoms with van der Waals surface area (Å²) in [6, 6.07) is 5.58.